The van der Waals surface area contributed by atoms with Gasteiger partial charge in [0, 0.05) is 18.2 Å². The van der Waals surface area contributed by atoms with Gasteiger partial charge in [-0.2, -0.15) is 0 Å². The van der Waals surface area contributed by atoms with Gasteiger partial charge in [0.25, 0.3) is 0 Å². The number of aliphatic carboxylic acids is 1. The van der Waals surface area contributed by atoms with E-state index in [-0.39, 0.29) is 17.3 Å². The number of rotatable bonds is 3. The molecule has 0 amide bonds. The quantitative estimate of drug-likeness (QED) is 0.847. The molecule has 4 nitrogen and oxygen atoms in total. The number of methoxy groups -OCH3 is 1. The normalized spacial score (nSPS) is 26.2. The third-order valence-corrected chi connectivity index (χ3v) is 3.42. The minimum atomic E-state index is -0.731. The van der Waals surface area contributed by atoms with Crippen molar-refractivity contribution in [3.8, 4) is 5.88 Å². The molecule has 0 bridgehead atoms. The van der Waals surface area contributed by atoms with Crippen LogP contribution in [-0.2, 0) is 4.79 Å². The van der Waals surface area contributed by atoms with Crippen LogP contribution in [0, 0.1) is 11.3 Å². The van der Waals surface area contributed by atoms with Crippen LogP contribution in [0.15, 0.2) is 18.3 Å². The van der Waals surface area contributed by atoms with Crippen LogP contribution in [-0.4, -0.2) is 23.2 Å². The summed E-state index contributed by atoms with van der Waals surface area (Å²) < 4.78 is 5.04. The molecule has 1 saturated carbocycles. The van der Waals surface area contributed by atoms with Crippen LogP contribution in [0.2, 0.25) is 0 Å². The summed E-state index contributed by atoms with van der Waals surface area (Å²) in [4.78, 5) is 15.1. The summed E-state index contributed by atoms with van der Waals surface area (Å²) in [6, 6.07) is 3.67. The van der Waals surface area contributed by atoms with Crippen molar-refractivity contribution in [2.45, 2.75) is 19.8 Å². The second-order valence-corrected chi connectivity index (χ2v) is 4.75. The first kappa shape index (κ1) is 10.9. The molecule has 0 spiro atoms. The van der Waals surface area contributed by atoms with E-state index in [0.29, 0.717) is 5.88 Å². The Labute approximate surface area is 94.3 Å². The molecule has 0 aliphatic heterocycles. The van der Waals surface area contributed by atoms with Gasteiger partial charge in [-0.05, 0) is 17.0 Å². The highest BCUT2D eigenvalue weighted by atomic mass is 16.5. The van der Waals surface area contributed by atoms with Crippen LogP contribution in [0.1, 0.15) is 25.3 Å². The third kappa shape index (κ3) is 1.54. The van der Waals surface area contributed by atoms with Gasteiger partial charge in [-0.15, -0.1) is 0 Å². The monoisotopic (exact) mass is 221 g/mol. The van der Waals surface area contributed by atoms with Crippen LogP contribution in [0.4, 0.5) is 0 Å². The largest absolute Gasteiger partial charge is 0.481 e. The number of carboxylic acid groups (broad SMARTS) is 1. The fraction of sp³-hybridized carbons (Fsp3) is 0.500. The van der Waals surface area contributed by atoms with E-state index in [9.17, 15) is 4.79 Å². The summed E-state index contributed by atoms with van der Waals surface area (Å²) in [6.07, 6.45) is 1.65. The smallest absolute Gasteiger partial charge is 0.307 e. The Balaban J connectivity index is 2.29. The van der Waals surface area contributed by atoms with E-state index in [1.807, 2.05) is 26.0 Å². The number of ether oxygens (including phenoxy) is 1. The molecule has 1 aromatic heterocycles. The van der Waals surface area contributed by atoms with Crippen molar-refractivity contribution >= 4 is 5.97 Å². The van der Waals surface area contributed by atoms with Crippen molar-refractivity contribution in [1.29, 1.82) is 0 Å². The van der Waals surface area contributed by atoms with Gasteiger partial charge < -0.3 is 9.84 Å². The first-order chi connectivity index (χ1) is 7.48. The van der Waals surface area contributed by atoms with Crippen LogP contribution >= 0.6 is 0 Å². The highest BCUT2D eigenvalue weighted by Gasteiger charge is 2.62. The lowest BCUT2D eigenvalue weighted by atomic mass is 10.0. The molecule has 16 heavy (non-hydrogen) atoms. The molecule has 2 atom stereocenters. The van der Waals surface area contributed by atoms with E-state index in [0.717, 1.165) is 5.56 Å². The van der Waals surface area contributed by atoms with Crippen molar-refractivity contribution in [2.75, 3.05) is 7.11 Å². The number of hydrogen-bond acceptors (Lipinski definition) is 3. The van der Waals surface area contributed by atoms with Gasteiger partial charge in [0.05, 0.1) is 13.0 Å². The number of carbonyl (C=O) groups is 1. The number of aromatic nitrogens is 1. The summed E-state index contributed by atoms with van der Waals surface area (Å²) in [5.41, 5.74) is 0.808. The topological polar surface area (TPSA) is 59.4 Å². The van der Waals surface area contributed by atoms with E-state index in [1.165, 1.54) is 0 Å². The summed E-state index contributed by atoms with van der Waals surface area (Å²) in [7, 11) is 1.55. The number of pyridine rings is 1. The molecule has 1 aliphatic rings. The molecule has 4 heteroatoms. The first-order valence-electron chi connectivity index (χ1n) is 5.21. The van der Waals surface area contributed by atoms with Gasteiger partial charge in [0.1, 0.15) is 0 Å². The Hall–Kier alpha value is -1.58. The van der Waals surface area contributed by atoms with Crippen molar-refractivity contribution < 1.29 is 14.6 Å². The van der Waals surface area contributed by atoms with Crippen molar-refractivity contribution in [2.24, 2.45) is 11.3 Å². The van der Waals surface area contributed by atoms with Crippen molar-refractivity contribution in [3.05, 3.63) is 23.9 Å². The predicted octanol–water partition coefficient (Wildman–Crippen LogP) is 1.91. The average molecular weight is 221 g/mol. The van der Waals surface area contributed by atoms with E-state index >= 15 is 0 Å². The zero-order chi connectivity index (χ0) is 11.9. The Bertz CT molecular complexity index is 428. The zero-order valence-corrected chi connectivity index (χ0v) is 9.60. The Morgan fingerprint density at radius 3 is 2.75 bits per heavy atom. The number of hydrogen-bond donors (Lipinski definition) is 1. The minimum absolute atomic E-state index is 0.0573. The molecule has 1 fully saturated rings. The van der Waals surface area contributed by atoms with Gasteiger partial charge in [0.15, 0.2) is 0 Å². The van der Waals surface area contributed by atoms with Crippen LogP contribution in [0.25, 0.3) is 0 Å². The fourth-order valence-corrected chi connectivity index (χ4v) is 2.45. The maximum atomic E-state index is 11.1. The predicted molar refractivity (Wildman–Crippen MR) is 58.4 cm³/mol. The molecule has 2 rings (SSSR count). The minimum Gasteiger partial charge on any atom is -0.481 e. The highest BCUT2D eigenvalue weighted by molar-refractivity contribution is 5.77. The highest BCUT2D eigenvalue weighted by Crippen LogP contribution is 2.64. The van der Waals surface area contributed by atoms with E-state index < -0.39 is 5.97 Å². The Morgan fingerprint density at radius 2 is 2.25 bits per heavy atom. The third-order valence-electron chi connectivity index (χ3n) is 3.42. The Morgan fingerprint density at radius 1 is 1.56 bits per heavy atom. The van der Waals surface area contributed by atoms with Crippen LogP contribution < -0.4 is 4.74 Å². The van der Waals surface area contributed by atoms with Crippen LogP contribution in [0.5, 0.6) is 5.88 Å². The summed E-state index contributed by atoms with van der Waals surface area (Å²) in [5.74, 6) is -0.448. The maximum absolute atomic E-state index is 11.1. The molecule has 86 valence electrons. The lowest BCUT2D eigenvalue weighted by Gasteiger charge is -2.04. The molecule has 1 N–H and O–H groups in total. The molecular formula is C12H15NO3. The van der Waals surface area contributed by atoms with Gasteiger partial charge in [-0.3, -0.25) is 4.79 Å². The standard InChI is InChI=1S/C12H15NO3/c1-12(2)9(10(12)11(14)15)7-4-5-13-8(6-7)16-3/h4-6,9-10H,1-3H3,(H,14,15)/t9-,10+/m1/s1. The summed E-state index contributed by atoms with van der Waals surface area (Å²) in [6.45, 7) is 3.95. The summed E-state index contributed by atoms with van der Waals surface area (Å²) in [5, 5.41) is 9.10. The second kappa shape index (κ2) is 3.47. The maximum Gasteiger partial charge on any atom is 0.307 e. The molecule has 1 aliphatic carbocycles. The SMILES string of the molecule is COc1cc([C@@H]2[C@@H](C(=O)O)C2(C)C)ccn1. The molecule has 0 unspecified atom stereocenters. The van der Waals surface area contributed by atoms with Crippen molar-refractivity contribution in [3.63, 3.8) is 0 Å². The zero-order valence-electron chi connectivity index (χ0n) is 9.60. The van der Waals surface area contributed by atoms with Gasteiger partial charge in [-0.25, -0.2) is 4.98 Å². The lowest BCUT2D eigenvalue weighted by molar-refractivity contribution is -0.139. The van der Waals surface area contributed by atoms with E-state index in [1.54, 1.807) is 13.3 Å². The van der Waals surface area contributed by atoms with Crippen molar-refractivity contribution in [1.82, 2.24) is 4.98 Å². The molecule has 0 aromatic carbocycles. The number of carboxylic acids is 1. The second-order valence-electron chi connectivity index (χ2n) is 4.75. The molecule has 1 aromatic rings. The molecule has 1 heterocycles. The molecule has 0 saturated heterocycles. The van der Waals surface area contributed by atoms with Gasteiger partial charge >= 0.3 is 5.97 Å². The first-order valence-corrected chi connectivity index (χ1v) is 5.21. The van der Waals surface area contributed by atoms with E-state index in [2.05, 4.69) is 4.98 Å². The van der Waals surface area contributed by atoms with Gasteiger partial charge in [0.2, 0.25) is 5.88 Å². The lowest BCUT2D eigenvalue weighted by Crippen LogP contribution is -2.03. The summed E-state index contributed by atoms with van der Waals surface area (Å²) >= 11 is 0. The molecule has 0 radical (unpaired) electrons. The molecular weight excluding hydrogens is 206 g/mol. The Kier molecular flexibility index (Phi) is 2.37. The van der Waals surface area contributed by atoms with E-state index in [4.69, 9.17) is 9.84 Å². The average Bonchev–Trinajstić information content (AvgIpc) is 2.82. The fourth-order valence-electron chi connectivity index (χ4n) is 2.45. The van der Waals surface area contributed by atoms with Gasteiger partial charge in [-0.1, -0.05) is 13.8 Å². The number of nitrogens with zero attached hydrogens (tertiary/aromatic N) is 1. The van der Waals surface area contributed by atoms with Crippen LogP contribution in [0.3, 0.4) is 0 Å².